The topological polar surface area (TPSA) is 3.24 Å². The van der Waals surface area contributed by atoms with E-state index in [1.807, 2.05) is 0 Å². The van der Waals surface area contributed by atoms with Crippen molar-refractivity contribution in [3.05, 3.63) is 66.7 Å². The van der Waals surface area contributed by atoms with E-state index >= 15 is 0 Å². The van der Waals surface area contributed by atoms with E-state index in [1.54, 1.807) is 0 Å². The summed E-state index contributed by atoms with van der Waals surface area (Å²) in [6, 6.07) is 23.7. The van der Waals surface area contributed by atoms with Crippen LogP contribution >= 0.6 is 0 Å². The van der Waals surface area contributed by atoms with Crippen molar-refractivity contribution >= 4 is 16.5 Å². The fourth-order valence-electron chi connectivity index (χ4n) is 2.33. The SMILES string of the molecule is CN(C)c1cccc(-c2ccc3ccccc3c2)c1. The van der Waals surface area contributed by atoms with E-state index in [2.05, 4.69) is 85.7 Å². The van der Waals surface area contributed by atoms with E-state index in [1.165, 1.54) is 27.6 Å². The smallest absolute Gasteiger partial charge is 0.0367 e. The van der Waals surface area contributed by atoms with Crippen molar-refractivity contribution in [2.24, 2.45) is 0 Å². The Balaban J connectivity index is 2.11. The van der Waals surface area contributed by atoms with Gasteiger partial charge in [0.1, 0.15) is 0 Å². The van der Waals surface area contributed by atoms with Crippen LogP contribution in [0.15, 0.2) is 66.7 Å². The molecule has 0 atom stereocenters. The van der Waals surface area contributed by atoms with Crippen LogP contribution in [-0.4, -0.2) is 14.1 Å². The molecule has 1 heteroatoms. The Bertz CT molecular complexity index is 713. The van der Waals surface area contributed by atoms with Crippen LogP contribution in [0.1, 0.15) is 0 Å². The van der Waals surface area contributed by atoms with Crippen molar-refractivity contribution < 1.29 is 0 Å². The summed E-state index contributed by atoms with van der Waals surface area (Å²) in [5.74, 6) is 0. The molecule has 19 heavy (non-hydrogen) atoms. The minimum absolute atomic E-state index is 1.23. The average molecular weight is 247 g/mol. The molecule has 1 nitrogen and oxygen atoms in total. The van der Waals surface area contributed by atoms with Gasteiger partial charge in [0.2, 0.25) is 0 Å². The molecule has 0 fully saturated rings. The lowest BCUT2D eigenvalue weighted by Gasteiger charge is -2.14. The van der Waals surface area contributed by atoms with Gasteiger partial charge in [-0.1, -0.05) is 48.5 Å². The van der Waals surface area contributed by atoms with Gasteiger partial charge in [-0.25, -0.2) is 0 Å². The molecule has 0 unspecified atom stereocenters. The zero-order valence-electron chi connectivity index (χ0n) is 11.3. The molecule has 3 aromatic rings. The Kier molecular flexibility index (Phi) is 2.96. The first-order valence-electron chi connectivity index (χ1n) is 6.50. The van der Waals surface area contributed by atoms with Crippen molar-refractivity contribution in [2.45, 2.75) is 0 Å². The third-order valence-corrected chi connectivity index (χ3v) is 3.45. The molecule has 0 saturated heterocycles. The van der Waals surface area contributed by atoms with Crippen molar-refractivity contribution in [3.63, 3.8) is 0 Å². The first kappa shape index (κ1) is 11.8. The van der Waals surface area contributed by atoms with Crippen molar-refractivity contribution in [3.8, 4) is 11.1 Å². The molecule has 0 aliphatic rings. The predicted octanol–water partition coefficient (Wildman–Crippen LogP) is 4.57. The van der Waals surface area contributed by atoms with Gasteiger partial charge in [0.15, 0.2) is 0 Å². The van der Waals surface area contributed by atoms with Crippen LogP contribution in [0, 0.1) is 0 Å². The average Bonchev–Trinajstić information content (AvgIpc) is 2.47. The first-order chi connectivity index (χ1) is 9.24. The molecule has 0 aromatic heterocycles. The highest BCUT2D eigenvalue weighted by atomic mass is 15.1. The maximum atomic E-state index is 2.25. The van der Waals surface area contributed by atoms with Crippen LogP contribution < -0.4 is 4.90 Å². The van der Waals surface area contributed by atoms with Crippen LogP contribution in [0.25, 0.3) is 21.9 Å². The van der Waals surface area contributed by atoms with Gasteiger partial charge in [-0.15, -0.1) is 0 Å². The lowest BCUT2D eigenvalue weighted by atomic mass is 10.0. The number of anilines is 1. The number of nitrogens with zero attached hydrogens (tertiary/aromatic N) is 1. The van der Waals surface area contributed by atoms with E-state index in [9.17, 15) is 0 Å². The van der Waals surface area contributed by atoms with E-state index < -0.39 is 0 Å². The molecule has 0 bridgehead atoms. The molecule has 3 rings (SSSR count). The highest BCUT2D eigenvalue weighted by molar-refractivity contribution is 5.87. The van der Waals surface area contributed by atoms with Gasteiger partial charge in [-0.2, -0.15) is 0 Å². The van der Waals surface area contributed by atoms with Gasteiger partial charge in [0, 0.05) is 19.8 Å². The summed E-state index contributed by atoms with van der Waals surface area (Å²) in [6.07, 6.45) is 0. The van der Waals surface area contributed by atoms with E-state index in [-0.39, 0.29) is 0 Å². The number of hydrogen-bond donors (Lipinski definition) is 0. The summed E-state index contributed by atoms with van der Waals surface area (Å²) in [5, 5.41) is 2.57. The fourth-order valence-corrected chi connectivity index (χ4v) is 2.33. The van der Waals surface area contributed by atoms with E-state index in [0.717, 1.165) is 0 Å². The second-order valence-electron chi connectivity index (χ2n) is 5.01. The molecule has 0 amide bonds. The van der Waals surface area contributed by atoms with Crippen molar-refractivity contribution in [2.75, 3.05) is 19.0 Å². The summed E-state index contributed by atoms with van der Waals surface area (Å²) in [7, 11) is 4.14. The molecule has 0 heterocycles. The Morgan fingerprint density at radius 2 is 1.37 bits per heavy atom. The lowest BCUT2D eigenvalue weighted by Crippen LogP contribution is -2.08. The van der Waals surface area contributed by atoms with Gasteiger partial charge in [-0.3, -0.25) is 0 Å². The van der Waals surface area contributed by atoms with Gasteiger partial charge < -0.3 is 4.90 Å². The normalized spacial score (nSPS) is 10.6. The Hall–Kier alpha value is -2.28. The van der Waals surface area contributed by atoms with Crippen LogP contribution in [0.2, 0.25) is 0 Å². The number of benzene rings is 3. The minimum Gasteiger partial charge on any atom is -0.378 e. The second kappa shape index (κ2) is 4.77. The van der Waals surface area contributed by atoms with Crippen LogP contribution in [0.3, 0.4) is 0 Å². The second-order valence-corrected chi connectivity index (χ2v) is 5.01. The van der Waals surface area contributed by atoms with Gasteiger partial charge in [-0.05, 0) is 40.1 Å². The van der Waals surface area contributed by atoms with E-state index in [4.69, 9.17) is 0 Å². The lowest BCUT2D eigenvalue weighted by molar-refractivity contribution is 1.13. The molecule has 94 valence electrons. The Labute approximate surface area is 114 Å². The molecule has 0 aliphatic heterocycles. The minimum atomic E-state index is 1.23. The monoisotopic (exact) mass is 247 g/mol. The third kappa shape index (κ3) is 2.32. The molecule has 0 radical (unpaired) electrons. The summed E-state index contributed by atoms with van der Waals surface area (Å²) in [4.78, 5) is 2.13. The maximum Gasteiger partial charge on any atom is 0.0367 e. The van der Waals surface area contributed by atoms with Crippen LogP contribution in [0.4, 0.5) is 5.69 Å². The van der Waals surface area contributed by atoms with Crippen LogP contribution in [0.5, 0.6) is 0 Å². The molecule has 0 saturated carbocycles. The summed E-state index contributed by atoms with van der Waals surface area (Å²) >= 11 is 0. The Morgan fingerprint density at radius 1 is 0.632 bits per heavy atom. The van der Waals surface area contributed by atoms with Crippen molar-refractivity contribution in [1.29, 1.82) is 0 Å². The van der Waals surface area contributed by atoms with Crippen LogP contribution in [-0.2, 0) is 0 Å². The first-order valence-corrected chi connectivity index (χ1v) is 6.50. The molecule has 0 N–H and O–H groups in total. The molecular formula is C18H17N. The largest absolute Gasteiger partial charge is 0.378 e. The third-order valence-electron chi connectivity index (χ3n) is 3.45. The van der Waals surface area contributed by atoms with Gasteiger partial charge in [0.05, 0.1) is 0 Å². The van der Waals surface area contributed by atoms with E-state index in [0.29, 0.717) is 0 Å². The van der Waals surface area contributed by atoms with Gasteiger partial charge >= 0.3 is 0 Å². The fraction of sp³-hybridized carbons (Fsp3) is 0.111. The molecular weight excluding hydrogens is 230 g/mol. The van der Waals surface area contributed by atoms with Gasteiger partial charge in [0.25, 0.3) is 0 Å². The highest BCUT2D eigenvalue weighted by Crippen LogP contribution is 2.27. The number of fused-ring (bicyclic) bond motifs is 1. The summed E-state index contributed by atoms with van der Waals surface area (Å²) < 4.78 is 0. The number of hydrogen-bond acceptors (Lipinski definition) is 1. The maximum absolute atomic E-state index is 2.25. The predicted molar refractivity (Wildman–Crippen MR) is 83.7 cm³/mol. The quantitative estimate of drug-likeness (QED) is 0.641. The highest BCUT2D eigenvalue weighted by Gasteiger charge is 2.01. The standard InChI is InChI=1S/C18H17N/c1-19(2)18-9-5-8-16(13-18)17-11-10-14-6-3-4-7-15(14)12-17/h3-13H,1-2H3. The molecule has 0 aliphatic carbocycles. The summed E-state index contributed by atoms with van der Waals surface area (Å²) in [6.45, 7) is 0. The number of rotatable bonds is 2. The van der Waals surface area contributed by atoms with Crippen molar-refractivity contribution in [1.82, 2.24) is 0 Å². The molecule has 0 spiro atoms. The Morgan fingerprint density at radius 3 is 2.16 bits per heavy atom. The summed E-state index contributed by atoms with van der Waals surface area (Å²) in [5.41, 5.74) is 3.75. The zero-order chi connectivity index (χ0) is 13.2. The zero-order valence-corrected chi connectivity index (χ0v) is 11.3. The molecule has 3 aromatic carbocycles.